The maximum Gasteiger partial charge on any atom is 0.163 e. The van der Waals surface area contributed by atoms with E-state index in [0.29, 0.717) is 68.6 Å². The van der Waals surface area contributed by atoms with E-state index >= 15 is 0 Å². The summed E-state index contributed by atoms with van der Waals surface area (Å²) in [5.41, 5.74) is 2.69. The maximum atomic E-state index is 13.2. The first-order valence-electron chi connectivity index (χ1n) is 11.1. The number of rotatable bonds is 4. The summed E-state index contributed by atoms with van der Waals surface area (Å²) in [6, 6.07) is 9.07. The van der Waals surface area contributed by atoms with Gasteiger partial charge in [0.1, 0.15) is 23.9 Å². The Labute approximate surface area is 224 Å². The number of carbonyl (C=O) groups excluding carboxylic acids is 2. The van der Waals surface area contributed by atoms with E-state index in [0.717, 1.165) is 28.4 Å². The average molecular weight is 627 g/mol. The number of hydrogen-bond acceptors (Lipinski definition) is 4. The third-order valence-corrected chi connectivity index (χ3v) is 8.01. The highest BCUT2D eigenvalue weighted by molar-refractivity contribution is 9.11. The summed E-state index contributed by atoms with van der Waals surface area (Å²) in [5.74, 6) is 1.48. The van der Waals surface area contributed by atoms with Crippen molar-refractivity contribution in [2.75, 3.05) is 0 Å². The van der Waals surface area contributed by atoms with Crippen molar-refractivity contribution in [2.24, 2.45) is 0 Å². The van der Waals surface area contributed by atoms with E-state index in [9.17, 15) is 9.59 Å². The Morgan fingerprint density at radius 3 is 2.18 bits per heavy atom. The first-order chi connectivity index (χ1) is 16.3. The van der Waals surface area contributed by atoms with Crippen LogP contribution in [0.5, 0.6) is 5.75 Å². The van der Waals surface area contributed by atoms with E-state index in [2.05, 4.69) is 31.9 Å². The molecular weight excluding hydrogens is 607 g/mol. The van der Waals surface area contributed by atoms with Crippen molar-refractivity contribution in [1.82, 2.24) is 0 Å². The lowest BCUT2D eigenvalue weighted by Crippen LogP contribution is -2.30. The van der Waals surface area contributed by atoms with E-state index in [1.54, 1.807) is 12.1 Å². The van der Waals surface area contributed by atoms with Crippen LogP contribution in [0.3, 0.4) is 0 Å². The molecule has 1 aliphatic heterocycles. The van der Waals surface area contributed by atoms with Crippen LogP contribution in [-0.4, -0.2) is 11.6 Å². The number of Topliss-reactive ketones (excluding diaryl/α,β-unsaturated/α-hetero) is 2. The molecule has 0 fully saturated rings. The highest BCUT2D eigenvalue weighted by Crippen LogP contribution is 2.51. The summed E-state index contributed by atoms with van der Waals surface area (Å²) in [5, 5.41) is 1.06. The molecular formula is C26H20Br2Cl2O4. The standard InChI is InChI=1S/C26H20Br2Cl2O4/c27-14-9-16(26(17(28)10-14)33-12-13-7-8-15(29)11-18(13)30)23-24-19(31)3-1-5-21(24)34-22-6-2-4-20(32)25(22)23/h7-11,23H,1-6,12H2. The van der Waals surface area contributed by atoms with E-state index in [1.165, 1.54) is 0 Å². The summed E-state index contributed by atoms with van der Waals surface area (Å²) >= 11 is 19.6. The minimum atomic E-state index is -0.524. The largest absolute Gasteiger partial charge is 0.487 e. The molecule has 0 aromatic heterocycles. The number of hydrogen-bond donors (Lipinski definition) is 0. The second-order valence-corrected chi connectivity index (χ2v) is 11.2. The first-order valence-corrected chi connectivity index (χ1v) is 13.4. The number of allylic oxidation sites excluding steroid dienone is 4. The molecule has 0 saturated carbocycles. The third kappa shape index (κ3) is 4.50. The van der Waals surface area contributed by atoms with Crippen LogP contribution in [0.4, 0.5) is 0 Å². The predicted molar refractivity (Wildman–Crippen MR) is 138 cm³/mol. The minimum Gasteiger partial charge on any atom is -0.487 e. The van der Waals surface area contributed by atoms with Gasteiger partial charge in [-0.25, -0.2) is 0 Å². The molecule has 0 saturated heterocycles. The summed E-state index contributed by atoms with van der Waals surface area (Å²) in [4.78, 5) is 26.3. The zero-order valence-electron chi connectivity index (χ0n) is 18.1. The van der Waals surface area contributed by atoms with E-state index < -0.39 is 5.92 Å². The zero-order chi connectivity index (χ0) is 24.0. The minimum absolute atomic E-state index is 0.0268. The molecule has 0 unspecified atom stereocenters. The number of benzene rings is 2. The molecule has 0 spiro atoms. The van der Waals surface area contributed by atoms with Crippen molar-refractivity contribution >= 4 is 66.6 Å². The van der Waals surface area contributed by atoms with Gasteiger partial charge in [0.05, 0.1) is 10.4 Å². The Bertz CT molecular complexity index is 1240. The summed E-state index contributed by atoms with van der Waals surface area (Å²) in [7, 11) is 0. The topological polar surface area (TPSA) is 52.6 Å². The van der Waals surface area contributed by atoms with Crippen molar-refractivity contribution in [3.8, 4) is 5.75 Å². The molecule has 0 bridgehead atoms. The van der Waals surface area contributed by atoms with Gasteiger partial charge in [-0.1, -0.05) is 45.2 Å². The Morgan fingerprint density at radius 2 is 1.56 bits per heavy atom. The Morgan fingerprint density at radius 1 is 0.912 bits per heavy atom. The lowest BCUT2D eigenvalue weighted by atomic mass is 9.73. The smallest absolute Gasteiger partial charge is 0.163 e. The van der Waals surface area contributed by atoms with E-state index in [-0.39, 0.29) is 18.2 Å². The van der Waals surface area contributed by atoms with Crippen LogP contribution in [-0.2, 0) is 20.9 Å². The van der Waals surface area contributed by atoms with Crippen LogP contribution < -0.4 is 4.74 Å². The summed E-state index contributed by atoms with van der Waals surface area (Å²) in [6.45, 7) is 0.201. The van der Waals surface area contributed by atoms with Gasteiger partial charge in [-0.3, -0.25) is 9.59 Å². The molecule has 2 aromatic carbocycles. The first kappa shape index (κ1) is 24.1. The quantitative estimate of drug-likeness (QED) is 0.343. The van der Waals surface area contributed by atoms with Crippen LogP contribution >= 0.6 is 55.1 Å². The van der Waals surface area contributed by atoms with Gasteiger partial charge in [-0.05, 0) is 53.0 Å². The lowest BCUT2D eigenvalue weighted by Gasteiger charge is -2.36. The Balaban J connectivity index is 1.64. The van der Waals surface area contributed by atoms with Crippen molar-refractivity contribution in [1.29, 1.82) is 0 Å². The predicted octanol–water partition coefficient (Wildman–Crippen LogP) is 8.23. The SMILES string of the molecule is O=C1CCCC2=C1C(c1cc(Br)cc(Br)c1OCc1ccc(Cl)cc1Cl)C1=C(CCCC1=O)O2. The van der Waals surface area contributed by atoms with E-state index in [4.69, 9.17) is 32.7 Å². The van der Waals surface area contributed by atoms with Gasteiger partial charge >= 0.3 is 0 Å². The fourth-order valence-corrected chi connectivity index (χ4v) is 6.70. The third-order valence-electron chi connectivity index (χ3n) is 6.38. The fraction of sp³-hybridized carbons (Fsp3) is 0.308. The molecule has 34 heavy (non-hydrogen) atoms. The van der Waals surface area contributed by atoms with Crippen molar-refractivity contribution in [3.05, 3.63) is 83.1 Å². The van der Waals surface area contributed by atoms with Crippen molar-refractivity contribution in [2.45, 2.75) is 51.0 Å². The number of ketones is 2. The molecule has 5 rings (SSSR count). The normalized spacial score (nSPS) is 18.6. The second-order valence-electron chi connectivity index (χ2n) is 8.59. The molecule has 0 N–H and O–H groups in total. The number of ether oxygens (including phenoxy) is 2. The summed E-state index contributed by atoms with van der Waals surface area (Å²) < 4.78 is 14.0. The molecule has 2 aromatic rings. The molecule has 0 amide bonds. The van der Waals surface area contributed by atoms with Crippen LogP contribution in [0.1, 0.15) is 55.6 Å². The average Bonchev–Trinajstić information content (AvgIpc) is 2.78. The van der Waals surface area contributed by atoms with Gasteiger partial charge in [0, 0.05) is 62.5 Å². The van der Waals surface area contributed by atoms with Gasteiger partial charge < -0.3 is 9.47 Å². The molecule has 0 atom stereocenters. The molecule has 8 heteroatoms. The molecule has 176 valence electrons. The van der Waals surface area contributed by atoms with Crippen LogP contribution in [0.2, 0.25) is 10.0 Å². The van der Waals surface area contributed by atoms with Crippen LogP contribution in [0, 0.1) is 0 Å². The van der Waals surface area contributed by atoms with Crippen LogP contribution in [0.15, 0.2) is 61.9 Å². The molecule has 0 radical (unpaired) electrons. The summed E-state index contributed by atoms with van der Waals surface area (Å²) in [6.07, 6.45) is 3.77. The Hall–Kier alpha value is -1.60. The fourth-order valence-electron chi connectivity index (χ4n) is 4.86. The molecule has 3 aliphatic rings. The van der Waals surface area contributed by atoms with Gasteiger partial charge in [-0.2, -0.15) is 0 Å². The lowest BCUT2D eigenvalue weighted by molar-refractivity contribution is -0.117. The number of halogens is 4. The van der Waals surface area contributed by atoms with Gasteiger partial charge in [-0.15, -0.1) is 0 Å². The van der Waals surface area contributed by atoms with Gasteiger partial charge in [0.2, 0.25) is 0 Å². The van der Waals surface area contributed by atoms with Gasteiger partial charge in [0.15, 0.2) is 11.6 Å². The van der Waals surface area contributed by atoms with Gasteiger partial charge in [0.25, 0.3) is 0 Å². The van der Waals surface area contributed by atoms with Crippen molar-refractivity contribution < 1.29 is 19.1 Å². The molecule has 4 nitrogen and oxygen atoms in total. The highest BCUT2D eigenvalue weighted by Gasteiger charge is 2.43. The number of carbonyl (C=O) groups is 2. The second kappa shape index (κ2) is 9.81. The monoisotopic (exact) mass is 624 g/mol. The molecule has 2 aliphatic carbocycles. The maximum absolute atomic E-state index is 13.2. The van der Waals surface area contributed by atoms with E-state index in [1.807, 2.05) is 18.2 Å². The highest BCUT2D eigenvalue weighted by atomic mass is 79.9. The van der Waals surface area contributed by atoms with Crippen molar-refractivity contribution in [3.63, 3.8) is 0 Å². The Kier molecular flexibility index (Phi) is 6.95. The molecule has 1 heterocycles. The zero-order valence-corrected chi connectivity index (χ0v) is 22.7. The van der Waals surface area contributed by atoms with Crippen LogP contribution in [0.25, 0.3) is 0 Å².